The largest absolute Gasteiger partial charge is 0.437 e. The Bertz CT molecular complexity index is 1370. The number of fused-ring (bicyclic) bond motifs is 1. The van der Waals surface area contributed by atoms with Gasteiger partial charge >= 0.3 is 6.03 Å². The number of anilines is 2. The predicted molar refractivity (Wildman–Crippen MR) is 140 cm³/mol. The molecule has 0 bridgehead atoms. The molecule has 8 nitrogen and oxygen atoms in total. The molecule has 0 radical (unpaired) electrons. The van der Waals surface area contributed by atoms with Crippen LogP contribution in [0.4, 0.5) is 16.2 Å². The first-order valence-electron chi connectivity index (χ1n) is 12.2. The van der Waals surface area contributed by atoms with Crippen molar-refractivity contribution >= 4 is 17.4 Å². The number of pyridine rings is 1. The third kappa shape index (κ3) is 5.07. The molecule has 0 saturated carbocycles. The van der Waals surface area contributed by atoms with Crippen molar-refractivity contribution in [3.05, 3.63) is 78.2 Å². The average molecular weight is 483 g/mol. The van der Waals surface area contributed by atoms with Crippen molar-refractivity contribution in [3.8, 4) is 23.0 Å². The highest BCUT2D eigenvalue weighted by atomic mass is 16.5. The van der Waals surface area contributed by atoms with Crippen molar-refractivity contribution in [2.45, 2.75) is 52.0 Å². The van der Waals surface area contributed by atoms with Crippen LogP contribution in [0.1, 0.15) is 45.0 Å². The van der Waals surface area contributed by atoms with E-state index in [-0.39, 0.29) is 11.4 Å². The van der Waals surface area contributed by atoms with E-state index in [0.717, 1.165) is 48.6 Å². The highest BCUT2D eigenvalue weighted by Crippen LogP contribution is 2.35. The first-order valence-corrected chi connectivity index (χ1v) is 12.2. The van der Waals surface area contributed by atoms with Crippen molar-refractivity contribution in [1.29, 1.82) is 0 Å². The molecule has 184 valence electrons. The number of ether oxygens (including phenoxy) is 1. The number of amides is 2. The van der Waals surface area contributed by atoms with Gasteiger partial charge in [-0.2, -0.15) is 0 Å². The molecular weight excluding hydrogens is 452 g/mol. The molecule has 1 aliphatic rings. The predicted octanol–water partition coefficient (Wildman–Crippen LogP) is 6.41. The lowest BCUT2D eigenvalue weighted by atomic mass is 9.86. The van der Waals surface area contributed by atoms with Gasteiger partial charge < -0.3 is 19.9 Å². The fourth-order valence-electron chi connectivity index (χ4n) is 4.36. The zero-order valence-electron chi connectivity index (χ0n) is 20.8. The normalized spacial score (nSPS) is 13.1. The quantitative estimate of drug-likeness (QED) is 0.343. The summed E-state index contributed by atoms with van der Waals surface area (Å²) in [6.45, 7) is 7.33. The number of urea groups is 1. The van der Waals surface area contributed by atoms with E-state index in [4.69, 9.17) is 4.74 Å². The van der Waals surface area contributed by atoms with E-state index in [2.05, 4.69) is 51.2 Å². The van der Waals surface area contributed by atoms with Gasteiger partial charge in [0.25, 0.3) is 0 Å². The number of hydrogen-bond acceptors (Lipinski definition) is 5. The molecule has 36 heavy (non-hydrogen) atoms. The molecule has 0 unspecified atom stereocenters. The molecule has 2 N–H and O–H groups in total. The van der Waals surface area contributed by atoms with Gasteiger partial charge in [0.05, 0.1) is 0 Å². The number of carbonyl (C=O) groups is 1. The Morgan fingerprint density at radius 1 is 0.944 bits per heavy atom. The van der Waals surface area contributed by atoms with Gasteiger partial charge in [0.2, 0.25) is 5.88 Å². The molecule has 0 fully saturated rings. The summed E-state index contributed by atoms with van der Waals surface area (Å²) in [5, 5.41) is 14.4. The zero-order chi connectivity index (χ0) is 25.1. The second kappa shape index (κ2) is 9.81. The van der Waals surface area contributed by atoms with Crippen LogP contribution in [0.25, 0.3) is 11.4 Å². The van der Waals surface area contributed by atoms with E-state index in [1.54, 1.807) is 18.3 Å². The molecule has 2 aromatic carbocycles. The van der Waals surface area contributed by atoms with Crippen LogP contribution in [0, 0.1) is 0 Å². The maximum atomic E-state index is 12.8. The Labute approximate surface area is 210 Å². The minimum absolute atomic E-state index is 0.103. The number of para-hydroxylation sites is 1. The smallest absolute Gasteiger partial charge is 0.323 e. The first-order chi connectivity index (χ1) is 17.4. The van der Waals surface area contributed by atoms with Gasteiger partial charge in [0.15, 0.2) is 5.82 Å². The summed E-state index contributed by atoms with van der Waals surface area (Å²) in [4.78, 5) is 17.1. The van der Waals surface area contributed by atoms with Gasteiger partial charge in [-0.05, 0) is 60.7 Å². The lowest BCUT2D eigenvalue weighted by Gasteiger charge is -2.22. The zero-order valence-corrected chi connectivity index (χ0v) is 20.8. The van der Waals surface area contributed by atoms with Crippen molar-refractivity contribution < 1.29 is 9.53 Å². The maximum Gasteiger partial charge on any atom is 0.323 e. The Balaban J connectivity index is 1.28. The summed E-state index contributed by atoms with van der Waals surface area (Å²) >= 11 is 0. The van der Waals surface area contributed by atoms with Gasteiger partial charge in [-0.1, -0.05) is 39.0 Å². The van der Waals surface area contributed by atoms with E-state index >= 15 is 0 Å². The van der Waals surface area contributed by atoms with Crippen LogP contribution in [0.15, 0.2) is 66.9 Å². The van der Waals surface area contributed by atoms with Crippen LogP contribution in [0.2, 0.25) is 0 Å². The van der Waals surface area contributed by atoms with Crippen molar-refractivity contribution in [1.82, 2.24) is 19.7 Å². The third-order valence-electron chi connectivity index (χ3n) is 6.18. The molecule has 4 aromatic rings. The standard InChI is InChI=1S/C28H30N6O2/c1-28(2,3)21-9-4-5-11-23(21)36-26-22(10-8-17-29-26)31-27(35)30-20-15-13-19(14-16-20)25-33-32-24-12-6-7-18-34(24)25/h4-5,8-11,13-17H,6-7,12,18H2,1-3H3,(H2,30,31,35). The minimum Gasteiger partial charge on any atom is -0.437 e. The van der Waals surface area contributed by atoms with Crippen molar-refractivity contribution in [3.63, 3.8) is 0 Å². The number of aromatic nitrogens is 4. The van der Waals surface area contributed by atoms with Gasteiger partial charge in [-0.3, -0.25) is 0 Å². The maximum absolute atomic E-state index is 12.8. The Kier molecular flexibility index (Phi) is 6.41. The monoisotopic (exact) mass is 482 g/mol. The summed E-state index contributed by atoms with van der Waals surface area (Å²) in [6.07, 6.45) is 4.90. The number of benzene rings is 2. The highest BCUT2D eigenvalue weighted by Gasteiger charge is 2.20. The van der Waals surface area contributed by atoms with Crippen LogP contribution in [-0.4, -0.2) is 25.8 Å². The molecule has 0 saturated heterocycles. The van der Waals surface area contributed by atoms with Crippen LogP contribution >= 0.6 is 0 Å². The van der Waals surface area contributed by atoms with Gasteiger partial charge in [-0.25, -0.2) is 9.78 Å². The van der Waals surface area contributed by atoms with E-state index in [1.807, 2.05) is 48.5 Å². The van der Waals surface area contributed by atoms with Crippen molar-refractivity contribution in [2.24, 2.45) is 0 Å². The highest BCUT2D eigenvalue weighted by molar-refractivity contribution is 6.00. The van der Waals surface area contributed by atoms with E-state index in [1.165, 1.54) is 0 Å². The van der Waals surface area contributed by atoms with Gasteiger partial charge in [0.1, 0.15) is 17.3 Å². The Hall–Kier alpha value is -4.20. The van der Waals surface area contributed by atoms with Gasteiger partial charge in [0, 0.05) is 36.0 Å². The lowest BCUT2D eigenvalue weighted by Crippen LogP contribution is -2.20. The summed E-state index contributed by atoms with van der Waals surface area (Å²) in [5.74, 6) is 2.94. The van der Waals surface area contributed by atoms with E-state index in [9.17, 15) is 4.79 Å². The number of hydrogen-bond donors (Lipinski definition) is 2. The summed E-state index contributed by atoms with van der Waals surface area (Å²) in [5.41, 5.74) is 3.07. The molecule has 5 rings (SSSR count). The average Bonchev–Trinajstić information content (AvgIpc) is 3.30. The topological polar surface area (TPSA) is 94.0 Å². The van der Waals surface area contributed by atoms with E-state index < -0.39 is 0 Å². The molecule has 3 heterocycles. The molecule has 0 atom stereocenters. The summed E-state index contributed by atoms with van der Waals surface area (Å²) in [7, 11) is 0. The Morgan fingerprint density at radius 2 is 1.75 bits per heavy atom. The fourth-order valence-corrected chi connectivity index (χ4v) is 4.36. The third-order valence-corrected chi connectivity index (χ3v) is 6.18. The molecule has 2 amide bonds. The Morgan fingerprint density at radius 3 is 2.56 bits per heavy atom. The number of carbonyl (C=O) groups excluding carboxylic acids is 1. The second-order valence-electron chi connectivity index (χ2n) is 9.91. The number of nitrogens with zero attached hydrogens (tertiary/aromatic N) is 4. The van der Waals surface area contributed by atoms with Crippen LogP contribution in [0.5, 0.6) is 11.6 Å². The molecule has 0 spiro atoms. The second-order valence-corrected chi connectivity index (χ2v) is 9.91. The SMILES string of the molecule is CC(C)(C)c1ccccc1Oc1ncccc1NC(=O)Nc1ccc(-c2nnc3n2CCCC3)cc1. The van der Waals surface area contributed by atoms with Gasteiger partial charge in [-0.15, -0.1) is 10.2 Å². The van der Waals surface area contributed by atoms with Crippen LogP contribution < -0.4 is 15.4 Å². The van der Waals surface area contributed by atoms with E-state index in [0.29, 0.717) is 23.0 Å². The van der Waals surface area contributed by atoms with Crippen LogP contribution in [-0.2, 0) is 18.4 Å². The lowest BCUT2D eigenvalue weighted by molar-refractivity contribution is 0.262. The molecule has 2 aromatic heterocycles. The number of aryl methyl sites for hydroxylation is 1. The molecular formula is C28H30N6O2. The van der Waals surface area contributed by atoms with Crippen LogP contribution in [0.3, 0.4) is 0 Å². The molecule has 0 aliphatic carbocycles. The fraction of sp³-hybridized carbons (Fsp3) is 0.286. The summed E-state index contributed by atoms with van der Waals surface area (Å²) in [6, 6.07) is 18.6. The van der Waals surface area contributed by atoms with Crippen molar-refractivity contribution in [2.75, 3.05) is 10.6 Å². The minimum atomic E-state index is -0.385. The number of nitrogens with one attached hydrogen (secondary N) is 2. The first kappa shape index (κ1) is 23.5. The summed E-state index contributed by atoms with van der Waals surface area (Å²) < 4.78 is 8.33. The number of rotatable bonds is 5. The molecule has 1 aliphatic heterocycles. The molecule has 8 heteroatoms.